The molecule has 2 aromatic carbocycles. The molecule has 3 aromatic rings. The van der Waals surface area contributed by atoms with Crippen LogP contribution in [-0.4, -0.2) is 30.2 Å². The normalized spacial score (nSPS) is 14.6. The smallest absolute Gasteiger partial charge is 0.296 e. The highest BCUT2D eigenvalue weighted by Crippen LogP contribution is 2.23. The van der Waals surface area contributed by atoms with E-state index >= 15 is 0 Å². The fourth-order valence-corrected chi connectivity index (χ4v) is 5.51. The van der Waals surface area contributed by atoms with Crippen LogP contribution in [0.4, 0.5) is 5.69 Å². The van der Waals surface area contributed by atoms with E-state index in [1.807, 2.05) is 6.07 Å². The first-order chi connectivity index (χ1) is 16.3. The lowest BCUT2D eigenvalue weighted by Gasteiger charge is -2.21. The second kappa shape index (κ2) is 9.89. The molecule has 9 heteroatoms. The second-order valence-electron chi connectivity index (χ2n) is 8.78. The number of hydrogen-bond donors (Lipinski definition) is 2. The van der Waals surface area contributed by atoms with Crippen molar-refractivity contribution in [2.24, 2.45) is 13.0 Å². The Bertz CT molecular complexity index is 1320. The van der Waals surface area contributed by atoms with Crippen molar-refractivity contribution in [3.05, 3.63) is 76.2 Å². The highest BCUT2D eigenvalue weighted by molar-refractivity contribution is 7.92. The molecule has 2 N–H and O–H groups in total. The summed E-state index contributed by atoms with van der Waals surface area (Å²) in [6, 6.07) is 14.7. The van der Waals surface area contributed by atoms with Gasteiger partial charge in [0.1, 0.15) is 5.69 Å². The number of aromatic nitrogens is 2. The van der Waals surface area contributed by atoms with E-state index in [1.165, 1.54) is 48.2 Å². The van der Waals surface area contributed by atoms with E-state index in [0.29, 0.717) is 29.4 Å². The average molecular weight is 483 g/mol. The summed E-state index contributed by atoms with van der Waals surface area (Å²) < 4.78 is 31.5. The largest absolute Gasteiger partial charge is 0.352 e. The summed E-state index contributed by atoms with van der Waals surface area (Å²) in [5, 5.41) is 2.96. The van der Waals surface area contributed by atoms with E-state index in [1.54, 1.807) is 42.9 Å². The van der Waals surface area contributed by atoms with Gasteiger partial charge in [-0.2, -0.15) is 0 Å². The first-order valence-electron chi connectivity index (χ1n) is 11.5. The minimum atomic E-state index is -4.02. The van der Waals surface area contributed by atoms with Crippen molar-refractivity contribution >= 4 is 21.6 Å². The summed E-state index contributed by atoms with van der Waals surface area (Å²) in [5.41, 5.74) is 1.04. The molecule has 0 unspecified atom stereocenters. The van der Waals surface area contributed by atoms with Crippen LogP contribution < -0.4 is 15.6 Å². The minimum Gasteiger partial charge on any atom is -0.352 e. The first kappa shape index (κ1) is 23.8. The second-order valence-corrected chi connectivity index (χ2v) is 10.5. The molecule has 1 aliphatic rings. The average Bonchev–Trinajstić information content (AvgIpc) is 3.06. The zero-order valence-corrected chi connectivity index (χ0v) is 20.3. The van der Waals surface area contributed by atoms with Gasteiger partial charge < -0.3 is 5.32 Å². The summed E-state index contributed by atoms with van der Waals surface area (Å²) in [6.45, 7) is 2.32. The Morgan fingerprint density at radius 3 is 2.29 bits per heavy atom. The van der Waals surface area contributed by atoms with E-state index in [0.717, 1.165) is 12.8 Å². The molecule has 0 bridgehead atoms. The van der Waals surface area contributed by atoms with Gasteiger partial charge >= 0.3 is 0 Å². The standard InChI is InChI=1S/C25H30N4O4S/c1-18-23(25(31)29(28(18)2)21-11-7-4-8-12-21)27-34(32,33)22-15-13-20(14-16-22)24(30)26-17-19-9-5-3-6-10-19/h4,7-8,11-16,19,27H,3,5-6,9-10,17H2,1-2H3,(H,26,30). The molecule has 1 fully saturated rings. The Balaban J connectivity index is 1.50. The van der Waals surface area contributed by atoms with Gasteiger partial charge in [-0.15, -0.1) is 0 Å². The predicted molar refractivity (Wildman–Crippen MR) is 132 cm³/mol. The number of rotatable bonds is 7. The van der Waals surface area contributed by atoms with Gasteiger partial charge in [0.05, 0.1) is 16.3 Å². The summed E-state index contributed by atoms with van der Waals surface area (Å²) >= 11 is 0. The molecule has 4 rings (SSSR count). The summed E-state index contributed by atoms with van der Waals surface area (Å²) in [6.07, 6.45) is 5.94. The van der Waals surface area contributed by atoms with Crippen molar-refractivity contribution in [3.63, 3.8) is 0 Å². The number of para-hydroxylation sites is 1. The van der Waals surface area contributed by atoms with E-state index in [-0.39, 0.29) is 16.5 Å². The molecular formula is C25H30N4O4S. The molecule has 0 atom stereocenters. The summed E-state index contributed by atoms with van der Waals surface area (Å²) in [5.74, 6) is 0.294. The van der Waals surface area contributed by atoms with Crippen LogP contribution in [0, 0.1) is 12.8 Å². The van der Waals surface area contributed by atoms with Crippen molar-refractivity contribution in [2.45, 2.75) is 43.9 Å². The van der Waals surface area contributed by atoms with Crippen LogP contribution in [0.3, 0.4) is 0 Å². The van der Waals surface area contributed by atoms with Gasteiger partial charge in [-0.1, -0.05) is 37.5 Å². The van der Waals surface area contributed by atoms with Gasteiger partial charge in [0.25, 0.3) is 21.5 Å². The number of carbonyl (C=O) groups excluding carboxylic acids is 1. The van der Waals surface area contributed by atoms with Crippen molar-refractivity contribution in [1.82, 2.24) is 14.7 Å². The Kier molecular flexibility index (Phi) is 6.92. The lowest BCUT2D eigenvalue weighted by atomic mass is 9.89. The fourth-order valence-electron chi connectivity index (χ4n) is 4.39. The zero-order chi connectivity index (χ0) is 24.3. The molecule has 34 heavy (non-hydrogen) atoms. The Hall–Kier alpha value is -3.33. The highest BCUT2D eigenvalue weighted by Gasteiger charge is 2.23. The molecular weight excluding hydrogens is 452 g/mol. The third-order valence-corrected chi connectivity index (χ3v) is 7.86. The van der Waals surface area contributed by atoms with Crippen molar-refractivity contribution in [3.8, 4) is 5.69 Å². The van der Waals surface area contributed by atoms with Crippen LogP contribution in [0.2, 0.25) is 0 Å². The first-order valence-corrected chi connectivity index (χ1v) is 13.0. The predicted octanol–water partition coefficient (Wildman–Crippen LogP) is 3.60. The Labute approximate surface area is 199 Å². The SMILES string of the molecule is Cc1c(NS(=O)(=O)c2ccc(C(=O)NCC3CCCCC3)cc2)c(=O)n(-c2ccccc2)n1C. The van der Waals surface area contributed by atoms with Gasteiger partial charge in [-0.3, -0.25) is 19.0 Å². The van der Waals surface area contributed by atoms with Gasteiger partial charge in [0.15, 0.2) is 0 Å². The number of anilines is 1. The van der Waals surface area contributed by atoms with Crippen molar-refractivity contribution in [2.75, 3.05) is 11.3 Å². The van der Waals surface area contributed by atoms with Gasteiger partial charge in [0, 0.05) is 19.2 Å². The fraction of sp³-hybridized carbons (Fsp3) is 0.360. The molecule has 1 heterocycles. The van der Waals surface area contributed by atoms with Crippen molar-refractivity contribution in [1.29, 1.82) is 0 Å². The van der Waals surface area contributed by atoms with Crippen molar-refractivity contribution < 1.29 is 13.2 Å². The molecule has 0 radical (unpaired) electrons. The Morgan fingerprint density at radius 1 is 1.00 bits per heavy atom. The quantitative estimate of drug-likeness (QED) is 0.537. The monoisotopic (exact) mass is 482 g/mol. The summed E-state index contributed by atoms with van der Waals surface area (Å²) in [4.78, 5) is 25.5. The lowest BCUT2D eigenvalue weighted by Crippen LogP contribution is -2.30. The van der Waals surface area contributed by atoms with E-state index in [2.05, 4.69) is 10.0 Å². The molecule has 180 valence electrons. The highest BCUT2D eigenvalue weighted by atomic mass is 32.2. The molecule has 0 saturated heterocycles. The van der Waals surface area contributed by atoms with E-state index in [4.69, 9.17) is 0 Å². The maximum atomic E-state index is 13.0. The summed E-state index contributed by atoms with van der Waals surface area (Å²) in [7, 11) is -2.33. The molecule has 1 amide bonds. The molecule has 1 saturated carbocycles. The van der Waals surface area contributed by atoms with Gasteiger partial charge in [0.2, 0.25) is 0 Å². The van der Waals surface area contributed by atoms with Crippen LogP contribution >= 0.6 is 0 Å². The Morgan fingerprint density at radius 2 is 1.65 bits per heavy atom. The van der Waals surface area contributed by atoms with Gasteiger partial charge in [-0.05, 0) is 62.1 Å². The number of hydrogen-bond acceptors (Lipinski definition) is 4. The number of carbonyl (C=O) groups is 1. The zero-order valence-electron chi connectivity index (χ0n) is 19.5. The number of nitrogens with zero attached hydrogens (tertiary/aromatic N) is 2. The van der Waals surface area contributed by atoms with Crippen LogP contribution in [0.1, 0.15) is 48.2 Å². The molecule has 1 aromatic heterocycles. The third-order valence-electron chi connectivity index (χ3n) is 6.49. The van der Waals surface area contributed by atoms with Crippen LogP contribution in [0.25, 0.3) is 5.69 Å². The van der Waals surface area contributed by atoms with Crippen LogP contribution in [-0.2, 0) is 17.1 Å². The van der Waals surface area contributed by atoms with Gasteiger partial charge in [-0.25, -0.2) is 13.1 Å². The lowest BCUT2D eigenvalue weighted by molar-refractivity contribution is 0.0943. The number of nitrogens with one attached hydrogen (secondary N) is 2. The van der Waals surface area contributed by atoms with E-state index in [9.17, 15) is 18.0 Å². The van der Waals surface area contributed by atoms with E-state index < -0.39 is 15.6 Å². The molecule has 8 nitrogen and oxygen atoms in total. The topological polar surface area (TPSA) is 102 Å². The number of amides is 1. The maximum absolute atomic E-state index is 13.0. The molecule has 0 aliphatic heterocycles. The molecule has 1 aliphatic carbocycles. The number of benzene rings is 2. The molecule has 0 spiro atoms. The number of sulfonamides is 1. The minimum absolute atomic E-state index is 0.0133. The van der Waals surface area contributed by atoms with Crippen LogP contribution in [0.15, 0.2) is 64.3 Å². The maximum Gasteiger partial charge on any atom is 0.296 e. The van der Waals surface area contributed by atoms with Crippen LogP contribution in [0.5, 0.6) is 0 Å². The third kappa shape index (κ3) is 4.94.